The van der Waals surface area contributed by atoms with E-state index >= 15 is 0 Å². The van der Waals surface area contributed by atoms with Crippen LogP contribution in [0.4, 0.5) is 5.69 Å². The number of rotatable bonds is 5. The van der Waals surface area contributed by atoms with Gasteiger partial charge in [0.25, 0.3) is 0 Å². The highest BCUT2D eigenvalue weighted by molar-refractivity contribution is 5.93. The van der Waals surface area contributed by atoms with Crippen molar-refractivity contribution in [1.29, 1.82) is 0 Å². The van der Waals surface area contributed by atoms with Gasteiger partial charge in [-0.3, -0.25) is 19.4 Å². The number of amides is 2. The summed E-state index contributed by atoms with van der Waals surface area (Å²) in [5, 5.41) is 6.06. The average Bonchev–Trinajstić information content (AvgIpc) is 2.57. The molecule has 27 heavy (non-hydrogen) atoms. The van der Waals surface area contributed by atoms with Gasteiger partial charge >= 0.3 is 0 Å². The smallest absolute Gasteiger partial charge is 0.238 e. The van der Waals surface area contributed by atoms with Crippen molar-refractivity contribution >= 4 is 17.5 Å². The van der Waals surface area contributed by atoms with Gasteiger partial charge in [0.1, 0.15) is 0 Å². The Morgan fingerprint density at radius 1 is 1.11 bits per heavy atom. The van der Waals surface area contributed by atoms with E-state index in [-0.39, 0.29) is 23.4 Å². The van der Waals surface area contributed by atoms with Gasteiger partial charge < -0.3 is 10.6 Å². The van der Waals surface area contributed by atoms with E-state index in [0.29, 0.717) is 6.54 Å². The van der Waals surface area contributed by atoms with Crippen LogP contribution in [0.15, 0.2) is 18.2 Å². The van der Waals surface area contributed by atoms with E-state index in [1.54, 1.807) is 0 Å². The van der Waals surface area contributed by atoms with Gasteiger partial charge in [-0.05, 0) is 58.7 Å². The van der Waals surface area contributed by atoms with Gasteiger partial charge in [-0.25, -0.2) is 0 Å². The van der Waals surface area contributed by atoms with Crippen molar-refractivity contribution in [3.8, 4) is 0 Å². The molecule has 150 valence electrons. The molecule has 6 nitrogen and oxygen atoms in total. The third kappa shape index (κ3) is 6.33. The summed E-state index contributed by atoms with van der Waals surface area (Å²) in [5.41, 5.74) is 2.93. The van der Waals surface area contributed by atoms with E-state index in [2.05, 4.69) is 20.4 Å². The maximum atomic E-state index is 12.4. The van der Waals surface area contributed by atoms with Crippen LogP contribution in [-0.4, -0.2) is 65.9 Å². The van der Waals surface area contributed by atoms with Crippen LogP contribution in [0.25, 0.3) is 0 Å². The van der Waals surface area contributed by atoms with Gasteiger partial charge in [-0.2, -0.15) is 0 Å². The summed E-state index contributed by atoms with van der Waals surface area (Å²) < 4.78 is 0. The van der Waals surface area contributed by atoms with Crippen molar-refractivity contribution in [2.45, 2.75) is 53.1 Å². The van der Waals surface area contributed by atoms with E-state index in [0.717, 1.165) is 37.4 Å². The number of piperazine rings is 1. The molecule has 1 saturated heterocycles. The quantitative estimate of drug-likeness (QED) is 0.829. The summed E-state index contributed by atoms with van der Waals surface area (Å²) in [6.45, 7) is 15.5. The fourth-order valence-corrected chi connectivity index (χ4v) is 3.23. The van der Waals surface area contributed by atoms with Crippen LogP contribution < -0.4 is 10.6 Å². The third-order valence-electron chi connectivity index (χ3n) is 5.08. The monoisotopic (exact) mass is 374 g/mol. The second-order valence-corrected chi connectivity index (χ2v) is 8.52. The normalized spacial score (nSPS) is 17.4. The first kappa shape index (κ1) is 21.4. The number of aryl methyl sites for hydroxylation is 1. The highest BCUT2D eigenvalue weighted by Gasteiger charge is 2.28. The van der Waals surface area contributed by atoms with Crippen LogP contribution in [-0.2, 0) is 9.59 Å². The molecule has 1 fully saturated rings. The molecule has 0 saturated carbocycles. The molecular formula is C21H34N4O2. The largest absolute Gasteiger partial charge is 0.350 e. The minimum Gasteiger partial charge on any atom is -0.350 e. The first-order valence-electron chi connectivity index (χ1n) is 9.71. The summed E-state index contributed by atoms with van der Waals surface area (Å²) in [5.74, 6) is 0.0688. The van der Waals surface area contributed by atoms with E-state index in [4.69, 9.17) is 0 Å². The molecule has 2 rings (SSSR count). The minimum atomic E-state index is -0.223. The van der Waals surface area contributed by atoms with E-state index in [9.17, 15) is 9.59 Å². The number of hydrogen-bond acceptors (Lipinski definition) is 4. The molecule has 0 aliphatic carbocycles. The molecule has 1 aromatic rings. The van der Waals surface area contributed by atoms with Gasteiger partial charge in [-0.15, -0.1) is 0 Å². The molecule has 1 aromatic carbocycles. The second-order valence-electron chi connectivity index (χ2n) is 8.52. The zero-order valence-electron chi connectivity index (χ0n) is 17.6. The Balaban J connectivity index is 1.81. The first-order valence-corrected chi connectivity index (χ1v) is 9.71. The Kier molecular flexibility index (Phi) is 7.00. The predicted octanol–water partition coefficient (Wildman–Crippen LogP) is 2.16. The molecule has 0 spiro atoms. The Hall–Kier alpha value is -1.92. The average molecular weight is 375 g/mol. The maximum Gasteiger partial charge on any atom is 0.238 e. The Bertz CT molecular complexity index is 673. The number of carbonyl (C=O) groups is 2. The lowest BCUT2D eigenvalue weighted by atomic mass is 10.1. The van der Waals surface area contributed by atoms with Crippen molar-refractivity contribution in [3.05, 3.63) is 29.3 Å². The fourth-order valence-electron chi connectivity index (χ4n) is 3.23. The van der Waals surface area contributed by atoms with Gasteiger partial charge in [0.05, 0.1) is 12.6 Å². The molecule has 1 aliphatic heterocycles. The highest BCUT2D eigenvalue weighted by Crippen LogP contribution is 2.18. The first-order chi connectivity index (χ1) is 12.6. The number of nitrogens with zero attached hydrogens (tertiary/aromatic N) is 2. The Morgan fingerprint density at radius 3 is 2.33 bits per heavy atom. The number of anilines is 1. The molecule has 0 unspecified atom stereocenters. The van der Waals surface area contributed by atoms with E-state index < -0.39 is 0 Å². The van der Waals surface area contributed by atoms with Crippen LogP contribution in [0.2, 0.25) is 0 Å². The maximum absolute atomic E-state index is 12.4. The topological polar surface area (TPSA) is 64.7 Å². The summed E-state index contributed by atoms with van der Waals surface area (Å²) in [6, 6.07) is 5.78. The zero-order chi connectivity index (χ0) is 20.2. The van der Waals surface area contributed by atoms with Crippen LogP contribution in [0.5, 0.6) is 0 Å². The van der Waals surface area contributed by atoms with Gasteiger partial charge in [0.2, 0.25) is 11.8 Å². The molecule has 1 atom stereocenters. The summed E-state index contributed by atoms with van der Waals surface area (Å²) >= 11 is 0. The molecule has 0 radical (unpaired) electrons. The van der Waals surface area contributed by atoms with E-state index in [1.165, 1.54) is 5.56 Å². The van der Waals surface area contributed by atoms with Gasteiger partial charge in [-0.1, -0.05) is 12.1 Å². The number of nitrogens with one attached hydrogen (secondary N) is 2. The number of hydrogen-bond donors (Lipinski definition) is 2. The fraction of sp³-hybridized carbons (Fsp3) is 0.619. The van der Waals surface area contributed by atoms with Crippen molar-refractivity contribution in [2.24, 2.45) is 0 Å². The van der Waals surface area contributed by atoms with Crippen molar-refractivity contribution in [1.82, 2.24) is 15.1 Å². The lowest BCUT2D eigenvalue weighted by Gasteiger charge is -2.38. The van der Waals surface area contributed by atoms with Gasteiger partial charge in [0, 0.05) is 37.4 Å². The zero-order valence-corrected chi connectivity index (χ0v) is 17.6. The standard InChI is InChI=1S/C21H34N4O2/c1-15-8-7-9-18(16(15)2)22-19(26)14-24-10-12-25(13-11-24)17(3)20(27)23-21(4,5)6/h7-9,17H,10-14H2,1-6H3,(H,22,26)(H,23,27)/t17-/m1/s1. The lowest BCUT2D eigenvalue weighted by molar-refractivity contribution is -0.128. The lowest BCUT2D eigenvalue weighted by Crippen LogP contribution is -2.56. The molecule has 2 amide bonds. The summed E-state index contributed by atoms with van der Waals surface area (Å²) in [6.07, 6.45) is 0. The predicted molar refractivity (Wildman–Crippen MR) is 110 cm³/mol. The minimum absolute atomic E-state index is 0.00988. The van der Waals surface area contributed by atoms with E-state index in [1.807, 2.05) is 59.7 Å². The molecular weight excluding hydrogens is 340 g/mol. The van der Waals surface area contributed by atoms with Gasteiger partial charge in [0.15, 0.2) is 0 Å². The highest BCUT2D eigenvalue weighted by atomic mass is 16.2. The van der Waals surface area contributed by atoms with Crippen molar-refractivity contribution < 1.29 is 9.59 Å². The van der Waals surface area contributed by atoms with Crippen molar-refractivity contribution in [3.63, 3.8) is 0 Å². The van der Waals surface area contributed by atoms with Crippen LogP contribution in [0.1, 0.15) is 38.8 Å². The molecule has 1 aliphatic rings. The van der Waals surface area contributed by atoms with Crippen LogP contribution in [0, 0.1) is 13.8 Å². The molecule has 1 heterocycles. The second kappa shape index (κ2) is 8.85. The Labute approximate surface area is 163 Å². The summed E-state index contributed by atoms with van der Waals surface area (Å²) in [4.78, 5) is 29.1. The summed E-state index contributed by atoms with van der Waals surface area (Å²) in [7, 11) is 0. The van der Waals surface area contributed by atoms with Crippen LogP contribution >= 0.6 is 0 Å². The van der Waals surface area contributed by atoms with Crippen LogP contribution in [0.3, 0.4) is 0 Å². The third-order valence-corrected chi connectivity index (χ3v) is 5.08. The van der Waals surface area contributed by atoms with Crippen molar-refractivity contribution in [2.75, 3.05) is 38.0 Å². The number of carbonyl (C=O) groups excluding carboxylic acids is 2. The molecule has 0 bridgehead atoms. The molecule has 0 aromatic heterocycles. The molecule has 6 heteroatoms. The number of benzene rings is 1. The Morgan fingerprint density at radius 2 is 1.74 bits per heavy atom. The molecule has 2 N–H and O–H groups in total. The SMILES string of the molecule is Cc1cccc(NC(=O)CN2CCN([C@H](C)C(=O)NC(C)(C)C)CC2)c1C.